The Bertz CT molecular complexity index is 607. The second kappa shape index (κ2) is 6.91. The molecule has 0 N–H and O–H groups in total. The number of alkyl halides is 2. The summed E-state index contributed by atoms with van der Waals surface area (Å²) in [6, 6.07) is 3.65. The molecule has 2 aliphatic rings. The predicted octanol–water partition coefficient (Wildman–Crippen LogP) is 1.61. The van der Waals surface area contributed by atoms with E-state index in [1.54, 1.807) is 15.9 Å². The second-order valence-corrected chi connectivity index (χ2v) is 6.67. The van der Waals surface area contributed by atoms with Crippen LogP contribution in [-0.2, 0) is 4.79 Å². The molecule has 2 saturated heterocycles. The van der Waals surface area contributed by atoms with Gasteiger partial charge >= 0.3 is 0 Å². The molecule has 0 radical (unpaired) electrons. The number of nitriles is 1. The molecule has 8 heteroatoms. The van der Waals surface area contributed by atoms with Gasteiger partial charge in [0, 0.05) is 32.7 Å². The lowest BCUT2D eigenvalue weighted by Crippen LogP contribution is -2.53. The fraction of sp³-hybridized carbons (Fsp3) is 0.600. The van der Waals surface area contributed by atoms with Gasteiger partial charge in [0.05, 0.1) is 18.2 Å². The van der Waals surface area contributed by atoms with E-state index in [4.69, 9.17) is 5.26 Å². The molecule has 0 saturated carbocycles. The van der Waals surface area contributed by atoms with Gasteiger partial charge in [0.25, 0.3) is 6.43 Å². The molecular weight excluding hydrogens is 322 g/mol. The SMILES string of the molecule is N#Cc1ccsc1N1CC[C@@H](N2CCN(CC(F)F)CC2)C1=O. The van der Waals surface area contributed by atoms with Crippen LogP contribution in [0.1, 0.15) is 12.0 Å². The first-order chi connectivity index (χ1) is 11.1. The minimum absolute atomic E-state index is 0.0197. The van der Waals surface area contributed by atoms with Gasteiger partial charge in [-0.2, -0.15) is 5.26 Å². The summed E-state index contributed by atoms with van der Waals surface area (Å²) < 4.78 is 24.8. The maximum absolute atomic E-state index is 12.7. The summed E-state index contributed by atoms with van der Waals surface area (Å²) in [6.07, 6.45) is -1.59. The van der Waals surface area contributed by atoms with Crippen molar-refractivity contribution in [2.75, 3.05) is 44.2 Å². The van der Waals surface area contributed by atoms with Gasteiger partial charge in [0.2, 0.25) is 5.91 Å². The van der Waals surface area contributed by atoms with E-state index in [-0.39, 0.29) is 18.5 Å². The largest absolute Gasteiger partial charge is 0.301 e. The number of carbonyl (C=O) groups is 1. The fourth-order valence-electron chi connectivity index (χ4n) is 3.25. The van der Waals surface area contributed by atoms with Crippen molar-refractivity contribution in [1.29, 1.82) is 5.26 Å². The number of nitrogens with zero attached hydrogens (tertiary/aromatic N) is 4. The van der Waals surface area contributed by atoms with Crippen LogP contribution in [0.3, 0.4) is 0 Å². The number of hydrogen-bond acceptors (Lipinski definition) is 5. The molecule has 0 aliphatic carbocycles. The third-order valence-corrected chi connectivity index (χ3v) is 5.37. The summed E-state index contributed by atoms with van der Waals surface area (Å²) in [6.45, 7) is 2.81. The van der Waals surface area contributed by atoms with E-state index in [1.807, 2.05) is 5.38 Å². The van der Waals surface area contributed by atoms with E-state index >= 15 is 0 Å². The molecule has 2 aliphatic heterocycles. The highest BCUT2D eigenvalue weighted by atomic mass is 32.1. The van der Waals surface area contributed by atoms with Crippen molar-refractivity contribution in [3.8, 4) is 6.07 Å². The van der Waals surface area contributed by atoms with Crippen LogP contribution in [0.5, 0.6) is 0 Å². The van der Waals surface area contributed by atoms with Gasteiger partial charge in [-0.05, 0) is 17.9 Å². The Labute approximate surface area is 137 Å². The van der Waals surface area contributed by atoms with Gasteiger partial charge in [0.15, 0.2) is 0 Å². The Morgan fingerprint density at radius 2 is 2.04 bits per heavy atom. The van der Waals surface area contributed by atoms with Crippen LogP contribution in [0.2, 0.25) is 0 Å². The van der Waals surface area contributed by atoms with E-state index in [0.29, 0.717) is 38.3 Å². The molecule has 0 spiro atoms. The molecular formula is C15H18F2N4OS. The lowest BCUT2D eigenvalue weighted by molar-refractivity contribution is -0.122. The molecule has 3 heterocycles. The molecule has 5 nitrogen and oxygen atoms in total. The fourth-order valence-corrected chi connectivity index (χ4v) is 4.14. The maximum Gasteiger partial charge on any atom is 0.251 e. The number of rotatable bonds is 4. The molecule has 23 heavy (non-hydrogen) atoms. The summed E-state index contributed by atoms with van der Waals surface area (Å²) >= 11 is 1.40. The minimum atomic E-state index is -2.31. The van der Waals surface area contributed by atoms with Crippen LogP contribution in [0.4, 0.5) is 13.8 Å². The number of amides is 1. The average molecular weight is 340 g/mol. The summed E-state index contributed by atoms with van der Waals surface area (Å²) in [7, 11) is 0. The summed E-state index contributed by atoms with van der Waals surface area (Å²) in [5.41, 5.74) is 0.533. The maximum atomic E-state index is 12.7. The van der Waals surface area contributed by atoms with E-state index in [0.717, 1.165) is 11.4 Å². The molecule has 1 aromatic heterocycles. The van der Waals surface area contributed by atoms with E-state index in [1.165, 1.54) is 11.3 Å². The Morgan fingerprint density at radius 1 is 1.30 bits per heavy atom. The molecule has 1 atom stereocenters. The Morgan fingerprint density at radius 3 is 2.70 bits per heavy atom. The van der Waals surface area contributed by atoms with Gasteiger partial charge in [0.1, 0.15) is 11.1 Å². The lowest BCUT2D eigenvalue weighted by atomic mass is 10.2. The molecule has 1 aromatic rings. The summed E-state index contributed by atoms with van der Waals surface area (Å²) in [5, 5.41) is 11.6. The zero-order valence-corrected chi connectivity index (χ0v) is 13.4. The zero-order chi connectivity index (χ0) is 16.4. The molecule has 2 fully saturated rings. The molecule has 0 bridgehead atoms. The number of anilines is 1. The number of hydrogen-bond donors (Lipinski definition) is 0. The van der Waals surface area contributed by atoms with Crippen LogP contribution < -0.4 is 4.90 Å². The van der Waals surface area contributed by atoms with Gasteiger partial charge in [-0.15, -0.1) is 11.3 Å². The van der Waals surface area contributed by atoms with Crippen molar-refractivity contribution in [2.45, 2.75) is 18.9 Å². The monoisotopic (exact) mass is 340 g/mol. The molecule has 3 rings (SSSR count). The van der Waals surface area contributed by atoms with Crippen LogP contribution in [0.15, 0.2) is 11.4 Å². The van der Waals surface area contributed by atoms with Crippen LogP contribution >= 0.6 is 11.3 Å². The highest BCUT2D eigenvalue weighted by Crippen LogP contribution is 2.32. The second-order valence-electron chi connectivity index (χ2n) is 5.77. The normalized spacial score (nSPS) is 23.7. The van der Waals surface area contributed by atoms with Crippen LogP contribution in [0.25, 0.3) is 0 Å². The number of piperazine rings is 1. The first-order valence-corrected chi connectivity index (χ1v) is 8.51. The van der Waals surface area contributed by atoms with Crippen molar-refractivity contribution >= 4 is 22.2 Å². The van der Waals surface area contributed by atoms with Crippen LogP contribution in [-0.4, -0.2) is 67.4 Å². The van der Waals surface area contributed by atoms with Crippen molar-refractivity contribution in [3.63, 3.8) is 0 Å². The molecule has 1 amide bonds. The quantitative estimate of drug-likeness (QED) is 0.836. The first kappa shape index (κ1) is 16.3. The average Bonchev–Trinajstić information content (AvgIpc) is 3.13. The van der Waals surface area contributed by atoms with Crippen molar-refractivity contribution in [3.05, 3.63) is 17.0 Å². The van der Waals surface area contributed by atoms with Crippen molar-refractivity contribution < 1.29 is 13.6 Å². The number of halogens is 2. The summed E-state index contributed by atoms with van der Waals surface area (Å²) in [4.78, 5) is 18.2. The predicted molar refractivity (Wildman–Crippen MR) is 83.8 cm³/mol. The third kappa shape index (κ3) is 3.37. The first-order valence-electron chi connectivity index (χ1n) is 7.63. The third-order valence-electron chi connectivity index (χ3n) is 4.43. The number of carbonyl (C=O) groups excluding carboxylic acids is 1. The van der Waals surface area contributed by atoms with Crippen LogP contribution in [0, 0.1) is 11.3 Å². The molecule has 0 aromatic carbocycles. The highest BCUT2D eigenvalue weighted by molar-refractivity contribution is 7.14. The van der Waals surface area contributed by atoms with E-state index < -0.39 is 6.43 Å². The summed E-state index contributed by atoms with van der Waals surface area (Å²) in [5.74, 6) is 0.0197. The minimum Gasteiger partial charge on any atom is -0.301 e. The van der Waals surface area contributed by atoms with Gasteiger partial charge in [-0.25, -0.2) is 8.78 Å². The van der Waals surface area contributed by atoms with E-state index in [2.05, 4.69) is 11.0 Å². The molecule has 124 valence electrons. The zero-order valence-electron chi connectivity index (χ0n) is 12.6. The Hall–Kier alpha value is -1.56. The standard InChI is InChI=1S/C15H18F2N4OS/c16-13(17)10-19-4-6-20(7-5-19)12-1-3-21(14(12)22)15-11(9-18)2-8-23-15/h2,8,12-13H,1,3-7,10H2/t12-/m1/s1. The number of thiophene rings is 1. The van der Waals surface area contributed by atoms with E-state index in [9.17, 15) is 13.6 Å². The molecule has 0 unspecified atom stereocenters. The van der Waals surface area contributed by atoms with Crippen molar-refractivity contribution in [1.82, 2.24) is 9.80 Å². The highest BCUT2D eigenvalue weighted by Gasteiger charge is 2.39. The smallest absolute Gasteiger partial charge is 0.251 e. The topological polar surface area (TPSA) is 50.6 Å². The van der Waals surface area contributed by atoms with Gasteiger partial charge in [-0.1, -0.05) is 0 Å². The van der Waals surface area contributed by atoms with Crippen molar-refractivity contribution in [2.24, 2.45) is 0 Å². The van der Waals surface area contributed by atoms with Gasteiger partial charge in [-0.3, -0.25) is 14.6 Å². The Kier molecular flexibility index (Phi) is 4.90. The lowest BCUT2D eigenvalue weighted by Gasteiger charge is -2.37. The Balaban J connectivity index is 1.61. The van der Waals surface area contributed by atoms with Gasteiger partial charge < -0.3 is 4.90 Å².